The Hall–Kier alpha value is -3.19. The summed E-state index contributed by atoms with van der Waals surface area (Å²) < 4.78 is 19.2. The van der Waals surface area contributed by atoms with Crippen LogP contribution in [0.2, 0.25) is 0 Å². The van der Waals surface area contributed by atoms with E-state index < -0.39 is 11.9 Å². The summed E-state index contributed by atoms with van der Waals surface area (Å²) in [5.41, 5.74) is 1.49. The predicted molar refractivity (Wildman–Crippen MR) is 105 cm³/mol. The van der Waals surface area contributed by atoms with E-state index in [4.69, 9.17) is 4.74 Å². The van der Waals surface area contributed by atoms with E-state index in [-0.39, 0.29) is 18.4 Å². The van der Waals surface area contributed by atoms with Gasteiger partial charge in [-0.3, -0.25) is 9.59 Å². The first-order chi connectivity index (χ1) is 13.6. The van der Waals surface area contributed by atoms with Crippen LogP contribution in [0, 0.1) is 5.82 Å². The van der Waals surface area contributed by atoms with Gasteiger partial charge in [0.25, 0.3) is 5.91 Å². The van der Waals surface area contributed by atoms with E-state index in [1.54, 1.807) is 31.4 Å². The van der Waals surface area contributed by atoms with E-state index in [9.17, 15) is 14.0 Å². The van der Waals surface area contributed by atoms with Gasteiger partial charge >= 0.3 is 0 Å². The van der Waals surface area contributed by atoms with Crippen LogP contribution >= 0.6 is 11.3 Å². The van der Waals surface area contributed by atoms with Crippen molar-refractivity contribution in [2.24, 2.45) is 0 Å². The number of methoxy groups -OCH3 is 1. The third kappa shape index (κ3) is 3.36. The molecule has 0 fully saturated rings. The van der Waals surface area contributed by atoms with Crippen LogP contribution < -0.4 is 10.1 Å². The molecule has 0 bridgehead atoms. The topological polar surface area (TPSA) is 58.6 Å². The van der Waals surface area contributed by atoms with Crippen LogP contribution in [0.1, 0.15) is 26.8 Å². The van der Waals surface area contributed by atoms with Crippen molar-refractivity contribution >= 4 is 28.8 Å². The maximum atomic E-state index is 14.0. The Morgan fingerprint density at radius 3 is 2.68 bits per heavy atom. The number of anilines is 1. The summed E-state index contributed by atoms with van der Waals surface area (Å²) >= 11 is 1.46. The summed E-state index contributed by atoms with van der Waals surface area (Å²) in [5, 5.41) is 4.67. The van der Waals surface area contributed by atoms with E-state index in [0.29, 0.717) is 22.6 Å². The van der Waals surface area contributed by atoms with Gasteiger partial charge in [-0.05, 0) is 53.9 Å². The average molecular weight is 396 g/mol. The number of carbonyl (C=O) groups is 2. The molecule has 1 atom stereocenters. The van der Waals surface area contributed by atoms with Crippen molar-refractivity contribution in [3.63, 3.8) is 0 Å². The highest BCUT2D eigenvalue weighted by Gasteiger charge is 2.34. The molecule has 1 N–H and O–H groups in total. The molecule has 2 heterocycles. The number of ether oxygens (including phenoxy) is 1. The van der Waals surface area contributed by atoms with Crippen LogP contribution in [-0.2, 0) is 4.79 Å². The van der Waals surface area contributed by atoms with E-state index in [1.165, 1.54) is 34.4 Å². The molecular weight excluding hydrogens is 379 g/mol. The Balaban J connectivity index is 1.83. The van der Waals surface area contributed by atoms with Gasteiger partial charge in [-0.2, -0.15) is 0 Å². The maximum Gasteiger partial charge on any atom is 0.255 e. The monoisotopic (exact) mass is 396 g/mol. The number of nitrogens with zero attached hydrogens (tertiary/aromatic N) is 1. The fourth-order valence-corrected chi connectivity index (χ4v) is 4.17. The molecule has 2 aromatic carbocycles. The van der Waals surface area contributed by atoms with Crippen molar-refractivity contribution in [1.29, 1.82) is 0 Å². The van der Waals surface area contributed by atoms with Gasteiger partial charge in [0.05, 0.1) is 13.2 Å². The normalized spacial score (nSPS) is 16.1. The second-order valence-corrected chi connectivity index (χ2v) is 7.34. The number of hydrogen-bond donors (Lipinski definition) is 1. The highest BCUT2D eigenvalue weighted by atomic mass is 32.1. The molecule has 2 amide bonds. The van der Waals surface area contributed by atoms with Gasteiger partial charge in [0.2, 0.25) is 5.91 Å². The smallest absolute Gasteiger partial charge is 0.255 e. The number of fused-ring (bicyclic) bond motifs is 1. The van der Waals surface area contributed by atoms with Gasteiger partial charge in [-0.1, -0.05) is 6.07 Å². The van der Waals surface area contributed by atoms with Gasteiger partial charge in [0, 0.05) is 21.7 Å². The summed E-state index contributed by atoms with van der Waals surface area (Å²) in [7, 11) is 1.55. The zero-order valence-corrected chi connectivity index (χ0v) is 15.8. The second-order valence-electron chi connectivity index (χ2n) is 6.36. The molecule has 0 saturated heterocycles. The Labute approximate surface area is 165 Å². The molecule has 4 rings (SSSR count). The minimum atomic E-state index is -0.570. The van der Waals surface area contributed by atoms with Gasteiger partial charge in [-0.15, -0.1) is 11.3 Å². The van der Waals surface area contributed by atoms with Gasteiger partial charge in [-0.25, -0.2) is 4.39 Å². The van der Waals surface area contributed by atoms with Gasteiger partial charge in [0.15, 0.2) is 0 Å². The molecule has 7 heteroatoms. The Kier molecular flexibility index (Phi) is 4.83. The average Bonchev–Trinajstić information content (AvgIpc) is 3.18. The standard InChI is InChI=1S/C21H17FN2O3S/c1-27-15-7-4-13(5-8-15)21(26)24-12-19(25)23-17-9-6-14(22)11-16(17)20(24)18-3-2-10-28-18/h2-11,20H,12H2,1H3,(H,23,25). The predicted octanol–water partition coefficient (Wildman–Crippen LogP) is 4.08. The van der Waals surface area contributed by atoms with Crippen molar-refractivity contribution in [1.82, 2.24) is 4.90 Å². The molecule has 3 aromatic rings. The highest BCUT2D eigenvalue weighted by molar-refractivity contribution is 7.10. The van der Waals surface area contributed by atoms with E-state index in [0.717, 1.165) is 4.88 Å². The van der Waals surface area contributed by atoms with Crippen molar-refractivity contribution in [2.75, 3.05) is 19.0 Å². The first kappa shape index (κ1) is 18.2. The molecule has 0 saturated carbocycles. The van der Waals surface area contributed by atoms with Crippen LogP contribution in [0.15, 0.2) is 60.0 Å². The molecule has 1 aliphatic rings. The zero-order valence-electron chi connectivity index (χ0n) is 15.0. The van der Waals surface area contributed by atoms with Crippen molar-refractivity contribution in [3.8, 4) is 5.75 Å². The number of amides is 2. The molecular formula is C21H17FN2O3S. The van der Waals surface area contributed by atoms with E-state index in [2.05, 4.69) is 5.32 Å². The second kappa shape index (κ2) is 7.44. The number of nitrogens with one attached hydrogen (secondary N) is 1. The number of halogens is 1. The molecule has 28 heavy (non-hydrogen) atoms. The lowest BCUT2D eigenvalue weighted by Gasteiger charge is -2.29. The minimum Gasteiger partial charge on any atom is -0.497 e. The third-order valence-corrected chi connectivity index (χ3v) is 5.54. The molecule has 1 aliphatic heterocycles. The lowest BCUT2D eigenvalue weighted by molar-refractivity contribution is -0.117. The molecule has 1 unspecified atom stereocenters. The molecule has 0 aliphatic carbocycles. The summed E-state index contributed by atoms with van der Waals surface area (Å²) in [4.78, 5) is 28.1. The van der Waals surface area contributed by atoms with Gasteiger partial charge in [0.1, 0.15) is 18.1 Å². The largest absolute Gasteiger partial charge is 0.497 e. The van der Waals surface area contributed by atoms with Crippen LogP contribution in [0.25, 0.3) is 0 Å². The van der Waals surface area contributed by atoms with E-state index in [1.807, 2.05) is 17.5 Å². The molecule has 1 aromatic heterocycles. The number of rotatable bonds is 3. The minimum absolute atomic E-state index is 0.135. The highest BCUT2D eigenvalue weighted by Crippen LogP contribution is 2.38. The zero-order chi connectivity index (χ0) is 19.7. The summed E-state index contributed by atoms with van der Waals surface area (Å²) in [6, 6.07) is 14.1. The fraction of sp³-hybridized carbons (Fsp3) is 0.143. The van der Waals surface area contributed by atoms with Crippen molar-refractivity contribution in [3.05, 3.63) is 81.8 Å². The van der Waals surface area contributed by atoms with Crippen LogP contribution in [-0.4, -0.2) is 30.4 Å². The fourth-order valence-electron chi connectivity index (χ4n) is 3.32. The number of thiophene rings is 1. The summed E-state index contributed by atoms with van der Waals surface area (Å²) in [6.07, 6.45) is 0. The van der Waals surface area contributed by atoms with Crippen molar-refractivity contribution < 1.29 is 18.7 Å². The van der Waals surface area contributed by atoms with Crippen LogP contribution in [0.4, 0.5) is 10.1 Å². The summed E-state index contributed by atoms with van der Waals surface area (Å²) in [5.74, 6) is -0.428. The number of carbonyl (C=O) groups excluding carboxylic acids is 2. The molecule has 0 spiro atoms. The van der Waals surface area contributed by atoms with E-state index >= 15 is 0 Å². The van der Waals surface area contributed by atoms with Crippen molar-refractivity contribution in [2.45, 2.75) is 6.04 Å². The quantitative estimate of drug-likeness (QED) is 0.726. The number of benzene rings is 2. The Bertz CT molecular complexity index is 1020. The Morgan fingerprint density at radius 2 is 2.00 bits per heavy atom. The lowest BCUT2D eigenvalue weighted by atomic mass is 10.0. The van der Waals surface area contributed by atoms with Crippen LogP contribution in [0.3, 0.4) is 0 Å². The molecule has 0 radical (unpaired) electrons. The van der Waals surface area contributed by atoms with Crippen LogP contribution in [0.5, 0.6) is 5.75 Å². The molecule has 142 valence electrons. The van der Waals surface area contributed by atoms with Gasteiger partial charge < -0.3 is 15.0 Å². The first-order valence-electron chi connectivity index (χ1n) is 8.64. The summed E-state index contributed by atoms with van der Waals surface area (Å²) in [6.45, 7) is -0.135. The maximum absolute atomic E-state index is 14.0. The molecule has 5 nitrogen and oxygen atoms in total. The lowest BCUT2D eigenvalue weighted by Crippen LogP contribution is -2.38. The first-order valence-corrected chi connectivity index (χ1v) is 9.52. The SMILES string of the molecule is COc1ccc(C(=O)N2CC(=O)Nc3ccc(F)cc3C2c2cccs2)cc1. The third-order valence-electron chi connectivity index (χ3n) is 4.62. The number of hydrogen-bond acceptors (Lipinski definition) is 4. The Morgan fingerprint density at radius 1 is 1.21 bits per heavy atom.